The van der Waals surface area contributed by atoms with Crippen molar-refractivity contribution >= 4 is 17.7 Å². The van der Waals surface area contributed by atoms with Gasteiger partial charge in [-0.25, -0.2) is 0 Å². The molecule has 1 rings (SSSR count). The van der Waals surface area contributed by atoms with Gasteiger partial charge < -0.3 is 10.6 Å². The highest BCUT2D eigenvalue weighted by atomic mass is 32.2. The maximum atomic E-state index is 11.5. The first-order valence-corrected chi connectivity index (χ1v) is 6.54. The summed E-state index contributed by atoms with van der Waals surface area (Å²) in [6.45, 7) is 3.38. The van der Waals surface area contributed by atoms with E-state index in [0.29, 0.717) is 13.1 Å². The summed E-state index contributed by atoms with van der Waals surface area (Å²) >= 11 is 1.71. The fourth-order valence-corrected chi connectivity index (χ4v) is 1.87. The Morgan fingerprint density at radius 3 is 2.44 bits per heavy atom. The quantitative estimate of drug-likeness (QED) is 0.794. The van der Waals surface area contributed by atoms with Crippen molar-refractivity contribution in [2.24, 2.45) is 5.73 Å². The Balaban J connectivity index is 2.66. The van der Waals surface area contributed by atoms with E-state index in [0.717, 1.165) is 5.56 Å². The molecular weight excluding hydrogens is 220 g/mol. The number of benzene rings is 1. The molecule has 88 valence electrons. The van der Waals surface area contributed by atoms with Crippen LogP contribution in [0.4, 0.5) is 0 Å². The number of rotatable bonds is 5. The lowest BCUT2D eigenvalue weighted by Crippen LogP contribution is -2.35. The lowest BCUT2D eigenvalue weighted by atomic mass is 10.2. The number of nitrogens with two attached hydrogens (primary N) is 1. The monoisotopic (exact) mass is 238 g/mol. The van der Waals surface area contributed by atoms with Gasteiger partial charge in [0.25, 0.3) is 0 Å². The zero-order chi connectivity index (χ0) is 12.0. The third-order valence-electron chi connectivity index (χ3n) is 2.44. The molecule has 0 aliphatic heterocycles. The predicted octanol–water partition coefficient (Wildman–Crippen LogP) is 1.72. The molecule has 0 saturated carbocycles. The van der Waals surface area contributed by atoms with E-state index in [-0.39, 0.29) is 12.5 Å². The van der Waals surface area contributed by atoms with Crippen molar-refractivity contribution in [1.29, 1.82) is 0 Å². The van der Waals surface area contributed by atoms with Gasteiger partial charge in [-0.05, 0) is 30.9 Å². The standard InChI is InChI=1S/C12H18N2OS/c1-3-14(12(15)8-13)9-10-4-6-11(16-2)7-5-10/h4-7H,3,8-9,13H2,1-2H3. The van der Waals surface area contributed by atoms with Crippen LogP contribution in [0.2, 0.25) is 0 Å². The average molecular weight is 238 g/mol. The van der Waals surface area contributed by atoms with Crippen LogP contribution in [-0.2, 0) is 11.3 Å². The van der Waals surface area contributed by atoms with Gasteiger partial charge >= 0.3 is 0 Å². The fourth-order valence-electron chi connectivity index (χ4n) is 1.46. The smallest absolute Gasteiger partial charge is 0.236 e. The van der Waals surface area contributed by atoms with Crippen molar-refractivity contribution in [3.63, 3.8) is 0 Å². The van der Waals surface area contributed by atoms with E-state index in [1.54, 1.807) is 16.7 Å². The molecule has 0 bridgehead atoms. The van der Waals surface area contributed by atoms with E-state index in [2.05, 4.69) is 24.3 Å². The topological polar surface area (TPSA) is 46.3 Å². The lowest BCUT2D eigenvalue weighted by molar-refractivity contribution is -0.130. The summed E-state index contributed by atoms with van der Waals surface area (Å²) in [5, 5.41) is 0. The second kappa shape index (κ2) is 6.55. The number of hydrogen-bond acceptors (Lipinski definition) is 3. The zero-order valence-corrected chi connectivity index (χ0v) is 10.6. The van der Waals surface area contributed by atoms with Crippen LogP contribution in [-0.4, -0.2) is 30.2 Å². The first kappa shape index (κ1) is 13.1. The summed E-state index contributed by atoms with van der Waals surface area (Å²) in [6.07, 6.45) is 2.05. The zero-order valence-electron chi connectivity index (χ0n) is 9.77. The van der Waals surface area contributed by atoms with E-state index < -0.39 is 0 Å². The highest BCUT2D eigenvalue weighted by molar-refractivity contribution is 7.98. The molecule has 0 fully saturated rings. The minimum absolute atomic E-state index is 0.00329. The third-order valence-corrected chi connectivity index (χ3v) is 3.19. The second-order valence-corrected chi connectivity index (χ2v) is 4.34. The fraction of sp³-hybridized carbons (Fsp3) is 0.417. The van der Waals surface area contributed by atoms with Gasteiger partial charge in [0, 0.05) is 18.0 Å². The summed E-state index contributed by atoms with van der Waals surface area (Å²) in [7, 11) is 0. The number of nitrogens with zero attached hydrogens (tertiary/aromatic N) is 1. The first-order chi connectivity index (χ1) is 7.71. The van der Waals surface area contributed by atoms with E-state index in [1.807, 2.05) is 13.2 Å². The second-order valence-electron chi connectivity index (χ2n) is 3.46. The molecule has 0 spiro atoms. The van der Waals surface area contributed by atoms with Gasteiger partial charge in [-0.3, -0.25) is 4.79 Å². The van der Waals surface area contributed by atoms with Crippen LogP contribution in [0.25, 0.3) is 0 Å². The Labute approximate surface area is 101 Å². The van der Waals surface area contributed by atoms with Crippen LogP contribution in [0, 0.1) is 0 Å². The summed E-state index contributed by atoms with van der Waals surface area (Å²) in [6, 6.07) is 8.25. The van der Waals surface area contributed by atoms with Gasteiger partial charge in [-0.2, -0.15) is 0 Å². The van der Waals surface area contributed by atoms with E-state index >= 15 is 0 Å². The molecule has 1 aromatic rings. The molecule has 0 saturated heterocycles. The van der Waals surface area contributed by atoms with Gasteiger partial charge in [0.05, 0.1) is 6.54 Å². The van der Waals surface area contributed by atoms with Crippen LogP contribution in [0.15, 0.2) is 29.2 Å². The highest BCUT2D eigenvalue weighted by Crippen LogP contribution is 2.15. The number of carbonyl (C=O) groups excluding carboxylic acids is 1. The van der Waals surface area contributed by atoms with Crippen LogP contribution >= 0.6 is 11.8 Å². The SMILES string of the molecule is CCN(Cc1ccc(SC)cc1)C(=O)CN. The van der Waals surface area contributed by atoms with Gasteiger partial charge in [-0.1, -0.05) is 12.1 Å². The summed E-state index contributed by atoms with van der Waals surface area (Å²) in [5.74, 6) is -0.00329. The molecular formula is C12H18N2OS. The number of amides is 1. The number of thioether (sulfide) groups is 1. The first-order valence-electron chi connectivity index (χ1n) is 5.32. The van der Waals surface area contributed by atoms with Gasteiger partial charge in [0.1, 0.15) is 0 Å². The summed E-state index contributed by atoms with van der Waals surface area (Å²) < 4.78 is 0. The van der Waals surface area contributed by atoms with Crippen molar-refractivity contribution in [3.05, 3.63) is 29.8 Å². The molecule has 0 unspecified atom stereocenters. The highest BCUT2D eigenvalue weighted by Gasteiger charge is 2.09. The Morgan fingerprint density at radius 1 is 1.38 bits per heavy atom. The Hall–Kier alpha value is -1.00. The normalized spacial score (nSPS) is 10.2. The number of hydrogen-bond donors (Lipinski definition) is 1. The van der Waals surface area contributed by atoms with Crippen molar-refractivity contribution in [2.75, 3.05) is 19.3 Å². The maximum Gasteiger partial charge on any atom is 0.236 e. The molecule has 2 N–H and O–H groups in total. The van der Waals surface area contributed by atoms with Crippen LogP contribution in [0.5, 0.6) is 0 Å². The van der Waals surface area contributed by atoms with Crippen molar-refractivity contribution in [1.82, 2.24) is 4.90 Å². The van der Waals surface area contributed by atoms with Gasteiger partial charge in [0.15, 0.2) is 0 Å². The summed E-state index contributed by atoms with van der Waals surface area (Å²) in [4.78, 5) is 14.5. The predicted molar refractivity (Wildman–Crippen MR) is 68.4 cm³/mol. The van der Waals surface area contributed by atoms with Crippen molar-refractivity contribution in [2.45, 2.75) is 18.4 Å². The Morgan fingerprint density at radius 2 is 2.00 bits per heavy atom. The average Bonchev–Trinajstić information content (AvgIpc) is 2.35. The molecule has 1 aromatic carbocycles. The molecule has 0 aliphatic rings. The molecule has 0 aliphatic carbocycles. The van der Waals surface area contributed by atoms with Crippen molar-refractivity contribution < 1.29 is 4.79 Å². The number of likely N-dealkylation sites (N-methyl/N-ethyl adjacent to an activating group) is 1. The third kappa shape index (κ3) is 3.54. The summed E-state index contributed by atoms with van der Waals surface area (Å²) in [5.41, 5.74) is 6.49. The Bertz CT molecular complexity index is 337. The molecule has 16 heavy (non-hydrogen) atoms. The molecule has 0 aromatic heterocycles. The minimum atomic E-state index is -0.00329. The van der Waals surface area contributed by atoms with Crippen LogP contribution in [0.3, 0.4) is 0 Å². The van der Waals surface area contributed by atoms with Gasteiger partial charge in [0.2, 0.25) is 5.91 Å². The van der Waals surface area contributed by atoms with E-state index in [1.165, 1.54) is 4.90 Å². The molecule has 1 amide bonds. The lowest BCUT2D eigenvalue weighted by Gasteiger charge is -2.20. The molecule has 3 nitrogen and oxygen atoms in total. The number of carbonyl (C=O) groups is 1. The molecule has 0 radical (unpaired) electrons. The van der Waals surface area contributed by atoms with Gasteiger partial charge in [-0.15, -0.1) is 11.8 Å². The van der Waals surface area contributed by atoms with E-state index in [9.17, 15) is 4.79 Å². The largest absolute Gasteiger partial charge is 0.338 e. The molecule has 0 heterocycles. The van der Waals surface area contributed by atoms with E-state index in [4.69, 9.17) is 5.73 Å². The molecule has 4 heteroatoms. The molecule has 0 atom stereocenters. The van der Waals surface area contributed by atoms with Crippen LogP contribution < -0.4 is 5.73 Å². The Kier molecular flexibility index (Phi) is 5.35. The maximum absolute atomic E-state index is 11.5. The van der Waals surface area contributed by atoms with Crippen LogP contribution in [0.1, 0.15) is 12.5 Å². The van der Waals surface area contributed by atoms with Crippen molar-refractivity contribution in [3.8, 4) is 0 Å². The minimum Gasteiger partial charge on any atom is -0.338 e.